The van der Waals surface area contributed by atoms with Crippen molar-refractivity contribution in [2.75, 3.05) is 0 Å². The number of rotatable bonds is 1. The molecule has 1 heteroatoms. The van der Waals surface area contributed by atoms with Crippen molar-refractivity contribution in [3.8, 4) is 0 Å². The van der Waals surface area contributed by atoms with E-state index in [2.05, 4.69) is 5.71 Å². The molecule has 0 aromatic rings. The molecule has 1 saturated carbocycles. The van der Waals surface area contributed by atoms with Crippen LogP contribution in [0.3, 0.4) is 0 Å². The second-order valence-electron chi connectivity index (χ2n) is 2.62. The van der Waals surface area contributed by atoms with E-state index in [1.807, 2.05) is 0 Å². The van der Waals surface area contributed by atoms with Gasteiger partial charge in [0.25, 0.3) is 0 Å². The predicted octanol–water partition coefficient (Wildman–Crippen LogP) is 2.22. The van der Waals surface area contributed by atoms with E-state index in [0.717, 1.165) is 0 Å². The molecule has 1 aliphatic rings. The summed E-state index contributed by atoms with van der Waals surface area (Å²) < 4.78 is 1.21. The Kier molecular flexibility index (Phi) is 2.97. The molecule has 1 atom stereocenters. The van der Waals surface area contributed by atoms with E-state index in [1.165, 1.54) is 24.0 Å². The van der Waals surface area contributed by atoms with Gasteiger partial charge in [-0.05, 0) is 0 Å². The molecule has 0 aliphatic heterocycles. The van der Waals surface area contributed by atoms with Crippen molar-refractivity contribution >= 4 is 15.8 Å². The van der Waals surface area contributed by atoms with Crippen molar-refractivity contribution < 1.29 is 0 Å². The molecule has 0 aromatic heterocycles. The second kappa shape index (κ2) is 3.56. The monoisotopic (exact) mass is 174 g/mol. The molecule has 8 heavy (non-hydrogen) atoms. The first-order valence-corrected chi connectivity index (χ1v) is 6.91. The maximum atomic E-state index is 2.44. The Balaban J connectivity index is 2.13. The molecular weight excluding hydrogens is 159 g/mol. The molecule has 0 aromatic carbocycles. The predicted molar refractivity (Wildman–Crippen MR) is 39.8 cm³/mol. The van der Waals surface area contributed by atoms with Crippen LogP contribution in [0.25, 0.3) is 0 Å². The van der Waals surface area contributed by atoms with Crippen LogP contribution in [0.1, 0.15) is 32.1 Å². The zero-order valence-corrected chi connectivity index (χ0v) is 7.71. The Morgan fingerprint density at radius 2 is 1.75 bits per heavy atom. The maximum absolute atomic E-state index is 2.44. The van der Waals surface area contributed by atoms with Crippen LogP contribution >= 0.6 is 0 Å². The summed E-state index contributed by atoms with van der Waals surface area (Å²) >= 11 is 0.473. The van der Waals surface area contributed by atoms with Crippen LogP contribution < -0.4 is 0 Å². The molecule has 0 N–H and O–H groups in total. The van der Waals surface area contributed by atoms with Crippen molar-refractivity contribution in [1.29, 1.82) is 0 Å². The van der Waals surface area contributed by atoms with Gasteiger partial charge in [0, 0.05) is 0 Å². The number of hydrogen-bond acceptors (Lipinski definition) is 0. The standard InChI is InChI=1S/C7H15As/c1-8-7-5-3-2-4-6-7/h7-8H,2-6H2,1H3. The summed E-state index contributed by atoms with van der Waals surface area (Å²) in [5, 5.41) is 0. The molecule has 0 heterocycles. The molecule has 1 aliphatic carbocycles. The molecule has 0 radical (unpaired) electrons. The van der Waals surface area contributed by atoms with E-state index in [1.54, 1.807) is 12.8 Å². The van der Waals surface area contributed by atoms with Crippen LogP contribution in [-0.4, -0.2) is 15.8 Å². The minimum absolute atomic E-state index is 0.473. The molecule has 0 amide bonds. The van der Waals surface area contributed by atoms with E-state index in [4.69, 9.17) is 0 Å². The topological polar surface area (TPSA) is 0 Å². The van der Waals surface area contributed by atoms with Crippen LogP contribution in [-0.2, 0) is 0 Å². The van der Waals surface area contributed by atoms with Crippen molar-refractivity contribution in [3.05, 3.63) is 0 Å². The summed E-state index contributed by atoms with van der Waals surface area (Å²) in [5.74, 6) is 0. The second-order valence-corrected chi connectivity index (χ2v) is 5.55. The van der Waals surface area contributed by atoms with Crippen LogP contribution in [0.4, 0.5) is 0 Å². The van der Waals surface area contributed by atoms with Gasteiger partial charge < -0.3 is 0 Å². The molecule has 0 bridgehead atoms. The van der Waals surface area contributed by atoms with Crippen molar-refractivity contribution in [2.24, 2.45) is 0 Å². The summed E-state index contributed by atoms with van der Waals surface area (Å²) in [6, 6.07) is 0. The Labute approximate surface area is 58.7 Å². The molecular formula is C7H15As. The van der Waals surface area contributed by atoms with E-state index in [9.17, 15) is 0 Å². The SMILES string of the molecule is C[AsH]C1CCCCC1. The van der Waals surface area contributed by atoms with E-state index >= 15 is 0 Å². The van der Waals surface area contributed by atoms with E-state index in [-0.39, 0.29) is 0 Å². The summed E-state index contributed by atoms with van der Waals surface area (Å²) in [5.41, 5.74) is 2.44. The molecule has 0 nitrogen and oxygen atoms in total. The third-order valence-corrected chi connectivity index (χ3v) is 4.94. The first-order chi connectivity index (χ1) is 3.93. The zero-order chi connectivity index (χ0) is 5.82. The van der Waals surface area contributed by atoms with Gasteiger partial charge in [0.15, 0.2) is 0 Å². The quantitative estimate of drug-likeness (QED) is 0.534. The Morgan fingerprint density at radius 1 is 1.12 bits per heavy atom. The third-order valence-electron chi connectivity index (χ3n) is 2.01. The van der Waals surface area contributed by atoms with Gasteiger partial charge in [-0.3, -0.25) is 0 Å². The van der Waals surface area contributed by atoms with Gasteiger partial charge in [-0.2, -0.15) is 0 Å². The Bertz CT molecular complexity index is 55.4. The molecule has 1 rings (SSSR count). The van der Waals surface area contributed by atoms with Crippen LogP contribution in [0, 0.1) is 0 Å². The molecule has 0 spiro atoms. The summed E-state index contributed by atoms with van der Waals surface area (Å²) in [6.07, 6.45) is 7.71. The van der Waals surface area contributed by atoms with Crippen molar-refractivity contribution in [2.45, 2.75) is 42.5 Å². The third kappa shape index (κ3) is 1.82. The average Bonchev–Trinajstić information content (AvgIpc) is 1.90. The van der Waals surface area contributed by atoms with Crippen molar-refractivity contribution in [1.82, 2.24) is 0 Å². The van der Waals surface area contributed by atoms with Crippen LogP contribution in [0.5, 0.6) is 0 Å². The van der Waals surface area contributed by atoms with Gasteiger partial charge in [0.2, 0.25) is 0 Å². The number of hydrogen-bond donors (Lipinski definition) is 0. The summed E-state index contributed by atoms with van der Waals surface area (Å²) in [4.78, 5) is 0. The van der Waals surface area contributed by atoms with E-state index in [0.29, 0.717) is 15.8 Å². The van der Waals surface area contributed by atoms with E-state index < -0.39 is 0 Å². The Morgan fingerprint density at radius 3 is 2.12 bits per heavy atom. The fourth-order valence-electron chi connectivity index (χ4n) is 1.39. The Hall–Kier alpha value is 0.558. The van der Waals surface area contributed by atoms with Gasteiger partial charge in [-0.25, -0.2) is 0 Å². The molecule has 48 valence electrons. The molecule has 0 saturated heterocycles. The minimum atomic E-state index is 0.473. The van der Waals surface area contributed by atoms with Gasteiger partial charge in [-0.1, -0.05) is 0 Å². The van der Waals surface area contributed by atoms with Crippen LogP contribution in [0.2, 0.25) is 10.4 Å². The van der Waals surface area contributed by atoms with Gasteiger partial charge in [0.05, 0.1) is 0 Å². The molecule has 1 unspecified atom stereocenters. The van der Waals surface area contributed by atoms with Gasteiger partial charge in [-0.15, -0.1) is 0 Å². The van der Waals surface area contributed by atoms with Gasteiger partial charge >= 0.3 is 58.3 Å². The summed E-state index contributed by atoms with van der Waals surface area (Å²) in [7, 11) is 0. The first-order valence-electron chi connectivity index (χ1n) is 3.61. The van der Waals surface area contributed by atoms with Gasteiger partial charge in [0.1, 0.15) is 0 Å². The fourth-order valence-corrected chi connectivity index (χ4v) is 3.46. The normalized spacial score (nSPS) is 25.1. The van der Waals surface area contributed by atoms with Crippen LogP contribution in [0.15, 0.2) is 0 Å². The molecule has 1 fully saturated rings. The fraction of sp³-hybridized carbons (Fsp3) is 1.00. The summed E-state index contributed by atoms with van der Waals surface area (Å²) in [6.45, 7) is 0. The van der Waals surface area contributed by atoms with Crippen molar-refractivity contribution in [3.63, 3.8) is 0 Å². The first kappa shape index (κ1) is 6.68. The zero-order valence-electron chi connectivity index (χ0n) is 5.61. The average molecular weight is 174 g/mol.